The number of aromatic nitrogens is 2. The van der Waals surface area contributed by atoms with E-state index in [4.69, 9.17) is 4.74 Å². The summed E-state index contributed by atoms with van der Waals surface area (Å²) in [6.07, 6.45) is 7.84. The Balaban J connectivity index is 1.42. The van der Waals surface area contributed by atoms with Gasteiger partial charge in [0.1, 0.15) is 17.9 Å². The zero-order valence-electron chi connectivity index (χ0n) is 17.1. The maximum atomic E-state index is 12.5. The molecule has 1 saturated carbocycles. The zero-order chi connectivity index (χ0) is 20.8. The number of rotatable bonds is 6. The highest BCUT2D eigenvalue weighted by Gasteiger charge is 2.14. The van der Waals surface area contributed by atoms with Gasteiger partial charge in [0.2, 0.25) is 0 Å². The van der Waals surface area contributed by atoms with E-state index in [-0.39, 0.29) is 5.91 Å². The summed E-state index contributed by atoms with van der Waals surface area (Å²) in [5.41, 5.74) is 3.10. The number of nitrogens with one attached hydrogen (secondary N) is 2. The van der Waals surface area contributed by atoms with Crippen molar-refractivity contribution in [2.45, 2.75) is 38.1 Å². The highest BCUT2D eigenvalue weighted by molar-refractivity contribution is 6.04. The van der Waals surface area contributed by atoms with Gasteiger partial charge in [-0.05, 0) is 49.2 Å². The summed E-state index contributed by atoms with van der Waals surface area (Å²) >= 11 is 0. The first-order valence-electron chi connectivity index (χ1n) is 10.4. The normalized spacial score (nSPS) is 14.2. The molecule has 1 amide bonds. The quantitative estimate of drug-likeness (QED) is 0.596. The van der Waals surface area contributed by atoms with Gasteiger partial charge in [0, 0.05) is 28.9 Å². The lowest BCUT2D eigenvalue weighted by Crippen LogP contribution is -2.22. The van der Waals surface area contributed by atoms with Crippen molar-refractivity contribution >= 4 is 17.4 Å². The molecule has 154 valence electrons. The van der Waals surface area contributed by atoms with Crippen LogP contribution in [0.2, 0.25) is 0 Å². The SMILES string of the molecule is COc1ccc(NC(=O)c2ccc(-c3cc(NC4CCCCC4)ncn3)cc2)cc1. The molecule has 1 aromatic heterocycles. The lowest BCUT2D eigenvalue weighted by Gasteiger charge is -2.23. The summed E-state index contributed by atoms with van der Waals surface area (Å²) in [6.45, 7) is 0. The third kappa shape index (κ3) is 4.95. The fraction of sp³-hybridized carbons (Fsp3) is 0.292. The third-order valence-corrected chi connectivity index (χ3v) is 5.41. The summed E-state index contributed by atoms with van der Waals surface area (Å²) in [7, 11) is 1.61. The molecule has 6 heteroatoms. The maximum absolute atomic E-state index is 12.5. The van der Waals surface area contributed by atoms with Gasteiger partial charge in [-0.3, -0.25) is 4.79 Å². The molecule has 6 nitrogen and oxygen atoms in total. The summed E-state index contributed by atoms with van der Waals surface area (Å²) < 4.78 is 5.14. The topological polar surface area (TPSA) is 76.1 Å². The van der Waals surface area contributed by atoms with Crippen molar-refractivity contribution < 1.29 is 9.53 Å². The molecule has 0 saturated heterocycles. The predicted molar refractivity (Wildman–Crippen MR) is 119 cm³/mol. The minimum Gasteiger partial charge on any atom is -0.497 e. The average Bonchev–Trinajstić information content (AvgIpc) is 2.80. The van der Waals surface area contributed by atoms with Gasteiger partial charge in [-0.2, -0.15) is 0 Å². The van der Waals surface area contributed by atoms with Crippen LogP contribution in [0.15, 0.2) is 60.9 Å². The van der Waals surface area contributed by atoms with E-state index in [1.807, 2.05) is 54.6 Å². The number of benzene rings is 2. The van der Waals surface area contributed by atoms with Crippen LogP contribution in [0.4, 0.5) is 11.5 Å². The molecule has 0 bridgehead atoms. The van der Waals surface area contributed by atoms with Crippen molar-refractivity contribution in [3.8, 4) is 17.0 Å². The van der Waals surface area contributed by atoms with E-state index < -0.39 is 0 Å². The van der Waals surface area contributed by atoms with Crippen LogP contribution in [0.5, 0.6) is 5.75 Å². The smallest absolute Gasteiger partial charge is 0.255 e. The molecule has 1 fully saturated rings. The molecule has 1 heterocycles. The van der Waals surface area contributed by atoms with Gasteiger partial charge in [-0.25, -0.2) is 9.97 Å². The highest BCUT2D eigenvalue weighted by atomic mass is 16.5. The van der Waals surface area contributed by atoms with Crippen molar-refractivity contribution in [3.05, 3.63) is 66.5 Å². The van der Waals surface area contributed by atoms with Gasteiger partial charge < -0.3 is 15.4 Å². The Bertz CT molecular complexity index is 981. The Morgan fingerprint density at radius 2 is 1.70 bits per heavy atom. The molecular weight excluding hydrogens is 376 g/mol. The molecule has 4 rings (SSSR count). The Kier molecular flexibility index (Phi) is 6.23. The lowest BCUT2D eigenvalue weighted by atomic mass is 9.95. The Labute approximate surface area is 176 Å². The standard InChI is InChI=1S/C24H26N4O2/c1-30-21-13-11-20(12-14-21)28-24(29)18-9-7-17(8-10-18)22-15-23(26-16-25-22)27-19-5-3-2-4-6-19/h7-16,19H,2-6H2,1H3,(H,28,29)(H,25,26,27). The van der Waals surface area contributed by atoms with Crippen molar-refractivity contribution in [1.29, 1.82) is 0 Å². The van der Waals surface area contributed by atoms with Crippen molar-refractivity contribution in [2.24, 2.45) is 0 Å². The van der Waals surface area contributed by atoms with Crippen LogP contribution in [0.3, 0.4) is 0 Å². The third-order valence-electron chi connectivity index (χ3n) is 5.41. The number of ether oxygens (including phenoxy) is 1. The van der Waals surface area contributed by atoms with Crippen LogP contribution in [0, 0.1) is 0 Å². The first-order chi connectivity index (χ1) is 14.7. The molecule has 0 atom stereocenters. The van der Waals surface area contributed by atoms with Crippen molar-refractivity contribution in [1.82, 2.24) is 9.97 Å². The second kappa shape index (κ2) is 9.39. The lowest BCUT2D eigenvalue weighted by molar-refractivity contribution is 0.102. The summed E-state index contributed by atoms with van der Waals surface area (Å²) in [6, 6.07) is 17.2. The number of anilines is 2. The number of carbonyl (C=O) groups excluding carboxylic acids is 1. The molecule has 30 heavy (non-hydrogen) atoms. The number of carbonyl (C=O) groups is 1. The van der Waals surface area contributed by atoms with Gasteiger partial charge in [-0.1, -0.05) is 31.4 Å². The molecule has 2 aromatic carbocycles. The Morgan fingerprint density at radius 3 is 2.40 bits per heavy atom. The average molecular weight is 402 g/mol. The van der Waals surface area contributed by atoms with E-state index in [1.54, 1.807) is 13.4 Å². The predicted octanol–water partition coefficient (Wildman–Crippen LogP) is 5.15. The fourth-order valence-corrected chi connectivity index (χ4v) is 3.72. The number of amides is 1. The number of nitrogens with zero attached hydrogens (tertiary/aromatic N) is 2. The van der Waals surface area contributed by atoms with Crippen LogP contribution in [-0.2, 0) is 0 Å². The molecule has 0 aliphatic heterocycles. The molecule has 0 radical (unpaired) electrons. The first kappa shape index (κ1) is 19.9. The number of hydrogen-bond donors (Lipinski definition) is 2. The van der Waals surface area contributed by atoms with Crippen LogP contribution in [-0.4, -0.2) is 29.0 Å². The molecular formula is C24H26N4O2. The second-order valence-electron chi connectivity index (χ2n) is 7.53. The minimum absolute atomic E-state index is 0.158. The number of methoxy groups -OCH3 is 1. The van der Waals surface area contributed by atoms with E-state index in [1.165, 1.54) is 32.1 Å². The zero-order valence-corrected chi connectivity index (χ0v) is 17.1. The van der Waals surface area contributed by atoms with E-state index in [0.29, 0.717) is 11.6 Å². The van der Waals surface area contributed by atoms with Crippen molar-refractivity contribution in [3.63, 3.8) is 0 Å². The Morgan fingerprint density at radius 1 is 0.967 bits per heavy atom. The monoisotopic (exact) mass is 402 g/mol. The van der Waals surface area contributed by atoms with E-state index in [9.17, 15) is 4.79 Å². The molecule has 1 aliphatic rings. The van der Waals surface area contributed by atoms with E-state index in [2.05, 4.69) is 20.6 Å². The molecule has 1 aliphatic carbocycles. The van der Waals surface area contributed by atoms with Gasteiger partial charge in [0.05, 0.1) is 12.8 Å². The van der Waals surface area contributed by atoms with Crippen LogP contribution < -0.4 is 15.4 Å². The fourth-order valence-electron chi connectivity index (χ4n) is 3.72. The minimum atomic E-state index is -0.158. The largest absolute Gasteiger partial charge is 0.497 e. The van der Waals surface area contributed by atoms with Crippen molar-refractivity contribution in [2.75, 3.05) is 17.7 Å². The van der Waals surface area contributed by atoms with Gasteiger partial charge in [-0.15, -0.1) is 0 Å². The van der Waals surface area contributed by atoms with Gasteiger partial charge >= 0.3 is 0 Å². The maximum Gasteiger partial charge on any atom is 0.255 e. The Hall–Kier alpha value is -3.41. The van der Waals surface area contributed by atoms with Crippen LogP contribution in [0.25, 0.3) is 11.3 Å². The summed E-state index contributed by atoms with van der Waals surface area (Å²) in [4.78, 5) is 21.3. The van der Waals surface area contributed by atoms with Crippen LogP contribution >= 0.6 is 0 Å². The molecule has 2 N–H and O–H groups in total. The first-order valence-corrected chi connectivity index (χ1v) is 10.4. The van der Waals surface area contributed by atoms with E-state index in [0.717, 1.165) is 28.5 Å². The summed E-state index contributed by atoms with van der Waals surface area (Å²) in [5.74, 6) is 1.45. The van der Waals surface area contributed by atoms with Gasteiger partial charge in [0.15, 0.2) is 0 Å². The second-order valence-corrected chi connectivity index (χ2v) is 7.53. The van der Waals surface area contributed by atoms with Crippen LogP contribution in [0.1, 0.15) is 42.5 Å². The van der Waals surface area contributed by atoms with E-state index >= 15 is 0 Å². The summed E-state index contributed by atoms with van der Waals surface area (Å²) in [5, 5.41) is 6.43. The van der Waals surface area contributed by atoms with Gasteiger partial charge in [0.25, 0.3) is 5.91 Å². The number of hydrogen-bond acceptors (Lipinski definition) is 5. The molecule has 3 aromatic rings. The molecule has 0 spiro atoms. The highest BCUT2D eigenvalue weighted by Crippen LogP contribution is 2.24. The molecule has 0 unspecified atom stereocenters.